The first-order valence-corrected chi connectivity index (χ1v) is 10.6. The van der Waals surface area contributed by atoms with Crippen LogP contribution in [-0.2, 0) is 14.0 Å². The van der Waals surface area contributed by atoms with Crippen molar-refractivity contribution in [2.75, 3.05) is 13.2 Å². The maximum absolute atomic E-state index is 11.2. The average molecular weight is 317 g/mol. The van der Waals surface area contributed by atoms with Crippen LogP contribution in [0.25, 0.3) is 0 Å². The first-order valence-electron chi connectivity index (χ1n) is 7.68. The molecule has 0 aromatic heterocycles. The zero-order valence-electron chi connectivity index (χ0n) is 14.6. The molecule has 0 saturated heterocycles. The van der Waals surface area contributed by atoms with E-state index in [1.807, 2.05) is 6.92 Å². The summed E-state index contributed by atoms with van der Waals surface area (Å²) >= 11 is 0. The third kappa shape index (κ3) is 7.78. The van der Waals surface area contributed by atoms with E-state index in [1.165, 1.54) is 6.08 Å². The quantitative estimate of drug-likeness (QED) is 0.423. The van der Waals surface area contributed by atoms with Crippen LogP contribution in [0.5, 0.6) is 0 Å². The van der Waals surface area contributed by atoms with E-state index in [9.17, 15) is 9.90 Å². The topological polar surface area (TPSA) is 55.8 Å². The molecule has 0 fully saturated rings. The van der Waals surface area contributed by atoms with Gasteiger partial charge in [-0.3, -0.25) is 0 Å². The van der Waals surface area contributed by atoms with Crippen LogP contribution in [0.15, 0.2) is 12.2 Å². The Labute approximate surface area is 130 Å². The number of carbonyl (C=O) groups excluding carboxylic acids is 1. The van der Waals surface area contributed by atoms with Crippen LogP contribution in [-0.4, -0.2) is 38.7 Å². The molecule has 2 atom stereocenters. The van der Waals surface area contributed by atoms with Crippen molar-refractivity contribution in [3.63, 3.8) is 0 Å². The molecule has 0 amide bonds. The van der Waals surface area contributed by atoms with Gasteiger partial charge in [-0.05, 0) is 31.5 Å². The fraction of sp³-hybridized carbons (Fsp3) is 0.812. The molecule has 0 spiro atoms. The fourth-order valence-electron chi connectivity index (χ4n) is 1.46. The molecule has 5 heteroatoms. The van der Waals surface area contributed by atoms with Crippen molar-refractivity contribution in [3.05, 3.63) is 12.2 Å². The van der Waals surface area contributed by atoms with Gasteiger partial charge in [-0.25, -0.2) is 4.79 Å². The Morgan fingerprint density at radius 1 is 1.33 bits per heavy atom. The van der Waals surface area contributed by atoms with Gasteiger partial charge in [-0.15, -0.1) is 0 Å². The number of esters is 1. The lowest BCUT2D eigenvalue weighted by Crippen LogP contribution is -2.41. The lowest BCUT2D eigenvalue weighted by atomic mass is 10.0. The van der Waals surface area contributed by atoms with E-state index in [1.54, 1.807) is 13.0 Å². The molecule has 1 N–H and O–H groups in total. The molecule has 0 heterocycles. The first-order chi connectivity index (χ1) is 9.51. The van der Waals surface area contributed by atoms with Gasteiger partial charge in [0.1, 0.15) is 0 Å². The Kier molecular flexibility index (Phi) is 8.44. The zero-order chi connectivity index (χ0) is 16.7. The summed E-state index contributed by atoms with van der Waals surface area (Å²) in [7, 11) is -1.76. The third-order valence-electron chi connectivity index (χ3n) is 4.11. The molecule has 0 bridgehead atoms. The van der Waals surface area contributed by atoms with E-state index in [0.29, 0.717) is 19.6 Å². The smallest absolute Gasteiger partial charge is 0.330 e. The summed E-state index contributed by atoms with van der Waals surface area (Å²) in [5.74, 6) is -0.466. The van der Waals surface area contributed by atoms with E-state index in [-0.39, 0.29) is 16.9 Å². The molecule has 4 nitrogen and oxygen atoms in total. The number of hydrogen-bond donors (Lipinski definition) is 1. The van der Waals surface area contributed by atoms with Gasteiger partial charge in [0, 0.05) is 18.6 Å². The van der Waals surface area contributed by atoms with Gasteiger partial charge in [-0.2, -0.15) is 0 Å². The molecule has 0 aliphatic heterocycles. The summed E-state index contributed by atoms with van der Waals surface area (Å²) < 4.78 is 10.9. The van der Waals surface area contributed by atoms with Crippen LogP contribution < -0.4 is 0 Å². The summed E-state index contributed by atoms with van der Waals surface area (Å²) in [6.07, 6.45) is 3.13. The highest BCUT2D eigenvalue weighted by Crippen LogP contribution is 2.36. The molecule has 0 aromatic carbocycles. The molecule has 0 rings (SSSR count). The van der Waals surface area contributed by atoms with Crippen molar-refractivity contribution in [2.45, 2.75) is 65.3 Å². The predicted octanol–water partition coefficient (Wildman–Crippen LogP) is 3.51. The number of ether oxygens (including phenoxy) is 1. The van der Waals surface area contributed by atoms with Gasteiger partial charge in [0.25, 0.3) is 0 Å². The van der Waals surface area contributed by atoms with Crippen molar-refractivity contribution >= 4 is 14.3 Å². The minimum absolute atomic E-state index is 0.0996. The Bertz CT molecular complexity index is 345. The number of hydrogen-bond acceptors (Lipinski definition) is 4. The van der Waals surface area contributed by atoms with Gasteiger partial charge in [0.05, 0.1) is 12.7 Å². The highest BCUT2D eigenvalue weighted by molar-refractivity contribution is 6.74. The second kappa shape index (κ2) is 8.71. The van der Waals surface area contributed by atoms with Crippen LogP contribution in [0.4, 0.5) is 0 Å². The van der Waals surface area contributed by atoms with Crippen LogP contribution in [0.3, 0.4) is 0 Å². The van der Waals surface area contributed by atoms with E-state index in [4.69, 9.17) is 9.16 Å². The normalized spacial score (nSPS) is 16.0. The molecule has 0 aliphatic carbocycles. The Morgan fingerprint density at radius 2 is 1.90 bits per heavy atom. The van der Waals surface area contributed by atoms with Crippen LogP contribution in [0.2, 0.25) is 18.1 Å². The monoisotopic (exact) mass is 316 g/mol. The average Bonchev–Trinajstić information content (AvgIpc) is 2.34. The predicted molar refractivity (Wildman–Crippen MR) is 88.7 cm³/mol. The molecule has 0 unspecified atom stereocenters. The molecular weight excluding hydrogens is 284 g/mol. The maximum atomic E-state index is 11.2. The minimum Gasteiger partial charge on any atom is -0.463 e. The van der Waals surface area contributed by atoms with Crippen molar-refractivity contribution in [1.82, 2.24) is 0 Å². The van der Waals surface area contributed by atoms with Crippen LogP contribution in [0.1, 0.15) is 41.0 Å². The largest absolute Gasteiger partial charge is 0.463 e. The van der Waals surface area contributed by atoms with Crippen LogP contribution in [0, 0.1) is 5.92 Å². The number of carbonyl (C=O) groups is 1. The van der Waals surface area contributed by atoms with Gasteiger partial charge < -0.3 is 14.3 Å². The Hall–Kier alpha value is -0.653. The van der Waals surface area contributed by atoms with Gasteiger partial charge in [-0.1, -0.05) is 33.8 Å². The fourth-order valence-corrected chi connectivity index (χ4v) is 2.52. The highest BCUT2D eigenvalue weighted by atomic mass is 28.4. The Morgan fingerprint density at radius 3 is 2.38 bits per heavy atom. The summed E-state index contributed by atoms with van der Waals surface area (Å²) in [6.45, 7) is 15.5. The molecular formula is C16H32O4Si. The lowest BCUT2D eigenvalue weighted by molar-refractivity contribution is -0.137. The molecule has 124 valence electrons. The molecule has 0 aliphatic rings. The Balaban J connectivity index is 4.20. The minimum atomic E-state index is -1.76. The lowest BCUT2D eigenvalue weighted by Gasteiger charge is -2.36. The van der Waals surface area contributed by atoms with E-state index >= 15 is 0 Å². The van der Waals surface area contributed by atoms with Crippen molar-refractivity contribution in [3.8, 4) is 0 Å². The molecule has 0 saturated carbocycles. The SMILES string of the molecule is CCOC(=O)/C=C/[C@@H](C)[C@H](O)CCO[Si](C)(C)C(C)(C)C. The van der Waals surface area contributed by atoms with E-state index in [0.717, 1.165) is 0 Å². The van der Waals surface area contributed by atoms with Gasteiger partial charge >= 0.3 is 5.97 Å². The summed E-state index contributed by atoms with van der Waals surface area (Å²) in [6, 6.07) is 0. The maximum Gasteiger partial charge on any atom is 0.330 e. The highest BCUT2D eigenvalue weighted by Gasteiger charge is 2.37. The first kappa shape index (κ1) is 20.3. The number of aliphatic hydroxyl groups excluding tert-OH is 1. The van der Waals surface area contributed by atoms with Gasteiger partial charge in [0.2, 0.25) is 0 Å². The standard InChI is InChI=1S/C16H32O4Si/c1-8-19-15(18)10-9-13(2)14(17)11-12-20-21(6,7)16(3,4)5/h9-10,13-14,17H,8,11-12H2,1-7H3/b10-9+/t13-,14-/m1/s1. The van der Waals surface area contributed by atoms with Crippen molar-refractivity contribution in [1.29, 1.82) is 0 Å². The number of rotatable bonds is 8. The van der Waals surface area contributed by atoms with Crippen molar-refractivity contribution < 1.29 is 19.1 Å². The summed E-state index contributed by atoms with van der Waals surface area (Å²) in [5.41, 5.74) is 0. The third-order valence-corrected chi connectivity index (χ3v) is 8.65. The van der Waals surface area contributed by atoms with Gasteiger partial charge in [0.15, 0.2) is 8.32 Å². The molecule has 0 radical (unpaired) electrons. The second-order valence-corrected chi connectivity index (χ2v) is 11.7. The van der Waals surface area contributed by atoms with E-state index in [2.05, 4.69) is 33.9 Å². The number of aliphatic hydroxyl groups is 1. The summed E-state index contributed by atoms with van der Waals surface area (Å²) in [5, 5.41) is 10.3. The molecule has 0 aromatic rings. The van der Waals surface area contributed by atoms with E-state index < -0.39 is 14.4 Å². The molecule has 21 heavy (non-hydrogen) atoms. The van der Waals surface area contributed by atoms with Crippen molar-refractivity contribution in [2.24, 2.45) is 5.92 Å². The zero-order valence-corrected chi connectivity index (χ0v) is 15.6. The summed E-state index contributed by atoms with van der Waals surface area (Å²) in [4.78, 5) is 11.2. The second-order valence-electron chi connectivity index (χ2n) is 6.94. The van der Waals surface area contributed by atoms with Crippen LogP contribution >= 0.6 is 0 Å².